The molecule has 0 radical (unpaired) electrons. The van der Waals surface area contributed by atoms with E-state index >= 15 is 0 Å². The SMILES string of the molecule is COc1ccccc1[C@H](C)NC(C)c1ccc(C#N)cc1. The molecule has 0 aliphatic carbocycles. The molecule has 0 spiro atoms. The molecule has 0 amide bonds. The Labute approximate surface area is 126 Å². The van der Waals surface area contributed by atoms with Crippen LogP contribution in [0.25, 0.3) is 0 Å². The summed E-state index contributed by atoms with van der Waals surface area (Å²) in [6.45, 7) is 4.24. The number of nitriles is 1. The minimum atomic E-state index is 0.173. The van der Waals surface area contributed by atoms with Crippen LogP contribution in [0.1, 0.15) is 42.6 Å². The molecule has 21 heavy (non-hydrogen) atoms. The van der Waals surface area contributed by atoms with Crippen molar-refractivity contribution < 1.29 is 4.74 Å². The van der Waals surface area contributed by atoms with Crippen molar-refractivity contribution in [3.8, 4) is 11.8 Å². The third-order valence-electron chi connectivity index (χ3n) is 3.65. The molecule has 0 saturated heterocycles. The highest BCUT2D eigenvalue weighted by molar-refractivity contribution is 5.36. The van der Waals surface area contributed by atoms with Crippen molar-refractivity contribution in [1.29, 1.82) is 5.26 Å². The highest BCUT2D eigenvalue weighted by Crippen LogP contribution is 2.26. The molecule has 0 heterocycles. The third kappa shape index (κ3) is 3.62. The zero-order chi connectivity index (χ0) is 15.2. The van der Waals surface area contributed by atoms with Crippen molar-refractivity contribution in [2.75, 3.05) is 7.11 Å². The lowest BCUT2D eigenvalue weighted by molar-refractivity contribution is 0.396. The molecule has 2 aromatic rings. The van der Waals surface area contributed by atoms with Gasteiger partial charge >= 0.3 is 0 Å². The normalized spacial score (nSPS) is 13.2. The van der Waals surface area contributed by atoms with E-state index in [2.05, 4.69) is 31.3 Å². The van der Waals surface area contributed by atoms with Crippen LogP contribution in [0.4, 0.5) is 0 Å². The Bertz CT molecular complexity index is 628. The maximum absolute atomic E-state index is 8.84. The summed E-state index contributed by atoms with van der Waals surface area (Å²) >= 11 is 0. The number of para-hydroxylation sites is 1. The van der Waals surface area contributed by atoms with Gasteiger partial charge in [-0.15, -0.1) is 0 Å². The van der Waals surface area contributed by atoms with E-state index in [-0.39, 0.29) is 12.1 Å². The highest BCUT2D eigenvalue weighted by Gasteiger charge is 2.14. The Morgan fingerprint density at radius 2 is 1.67 bits per heavy atom. The van der Waals surface area contributed by atoms with Gasteiger partial charge in [-0.3, -0.25) is 0 Å². The molecule has 0 aromatic heterocycles. The summed E-state index contributed by atoms with van der Waals surface area (Å²) in [5, 5.41) is 12.4. The molecule has 0 aliphatic heterocycles. The van der Waals surface area contributed by atoms with Crippen LogP contribution in [-0.4, -0.2) is 7.11 Å². The van der Waals surface area contributed by atoms with E-state index in [1.165, 1.54) is 0 Å². The molecule has 108 valence electrons. The van der Waals surface area contributed by atoms with Gasteiger partial charge in [-0.1, -0.05) is 30.3 Å². The quantitative estimate of drug-likeness (QED) is 0.901. The molecule has 2 rings (SSSR count). The predicted octanol–water partition coefficient (Wildman–Crippen LogP) is 3.98. The molecular formula is C18H20N2O. The molecule has 1 N–H and O–H groups in total. The fourth-order valence-corrected chi connectivity index (χ4v) is 2.43. The van der Waals surface area contributed by atoms with E-state index in [4.69, 9.17) is 10.00 Å². The molecule has 3 heteroatoms. The summed E-state index contributed by atoms with van der Waals surface area (Å²) in [7, 11) is 1.69. The summed E-state index contributed by atoms with van der Waals surface area (Å²) in [5.41, 5.74) is 2.99. The van der Waals surface area contributed by atoms with Gasteiger partial charge in [0.15, 0.2) is 0 Å². The van der Waals surface area contributed by atoms with Crippen LogP contribution >= 0.6 is 0 Å². The van der Waals surface area contributed by atoms with Crippen LogP contribution in [0.5, 0.6) is 5.75 Å². The zero-order valence-electron chi connectivity index (χ0n) is 12.6. The second-order valence-corrected chi connectivity index (χ2v) is 5.09. The lowest BCUT2D eigenvalue weighted by Gasteiger charge is -2.22. The first kappa shape index (κ1) is 15.1. The van der Waals surface area contributed by atoms with Crippen molar-refractivity contribution in [2.24, 2.45) is 0 Å². The largest absolute Gasteiger partial charge is 0.496 e. The van der Waals surface area contributed by atoms with Gasteiger partial charge in [0.25, 0.3) is 0 Å². The molecular weight excluding hydrogens is 260 g/mol. The van der Waals surface area contributed by atoms with Crippen molar-refractivity contribution in [3.05, 3.63) is 65.2 Å². The number of rotatable bonds is 5. The number of nitrogens with one attached hydrogen (secondary N) is 1. The lowest BCUT2D eigenvalue weighted by atomic mass is 10.0. The molecule has 1 unspecified atom stereocenters. The first-order valence-electron chi connectivity index (χ1n) is 7.04. The Balaban J connectivity index is 2.11. The van der Waals surface area contributed by atoms with Crippen LogP contribution in [0, 0.1) is 11.3 Å². The van der Waals surface area contributed by atoms with Gasteiger partial charge in [0, 0.05) is 17.6 Å². The van der Waals surface area contributed by atoms with Gasteiger partial charge in [-0.2, -0.15) is 5.26 Å². The van der Waals surface area contributed by atoms with Crippen LogP contribution < -0.4 is 10.1 Å². The average Bonchev–Trinajstić information content (AvgIpc) is 2.54. The summed E-state index contributed by atoms with van der Waals surface area (Å²) in [5.74, 6) is 0.893. The summed E-state index contributed by atoms with van der Waals surface area (Å²) in [6, 6.07) is 18.2. The second kappa shape index (κ2) is 6.92. The maximum atomic E-state index is 8.84. The van der Waals surface area contributed by atoms with E-state index < -0.39 is 0 Å². The summed E-state index contributed by atoms with van der Waals surface area (Å²) in [4.78, 5) is 0. The van der Waals surface area contributed by atoms with E-state index in [1.54, 1.807) is 7.11 Å². The Hall–Kier alpha value is -2.31. The fraction of sp³-hybridized carbons (Fsp3) is 0.278. The average molecular weight is 280 g/mol. The minimum Gasteiger partial charge on any atom is -0.496 e. The molecule has 0 saturated carbocycles. The Kier molecular flexibility index (Phi) is 4.97. The van der Waals surface area contributed by atoms with Crippen LogP contribution in [0.2, 0.25) is 0 Å². The molecule has 0 bridgehead atoms. The Morgan fingerprint density at radius 1 is 1.00 bits per heavy atom. The van der Waals surface area contributed by atoms with Crippen LogP contribution in [0.3, 0.4) is 0 Å². The van der Waals surface area contributed by atoms with Crippen molar-refractivity contribution in [3.63, 3.8) is 0 Å². The molecule has 2 atom stereocenters. The monoisotopic (exact) mass is 280 g/mol. The Morgan fingerprint density at radius 3 is 2.29 bits per heavy atom. The van der Waals surface area contributed by atoms with Crippen LogP contribution in [0.15, 0.2) is 48.5 Å². The van der Waals surface area contributed by atoms with E-state index in [9.17, 15) is 0 Å². The highest BCUT2D eigenvalue weighted by atomic mass is 16.5. The molecule has 0 fully saturated rings. The molecule has 2 aromatic carbocycles. The number of methoxy groups -OCH3 is 1. The standard InChI is InChI=1S/C18H20N2O/c1-13(16-10-8-15(12-19)9-11-16)20-14(2)17-6-4-5-7-18(17)21-3/h4-11,13-14,20H,1-3H3/t13?,14-/m0/s1. The number of nitrogens with zero attached hydrogens (tertiary/aromatic N) is 1. The van der Waals surface area contributed by atoms with E-state index in [1.807, 2.05) is 42.5 Å². The van der Waals surface area contributed by atoms with Gasteiger partial charge < -0.3 is 10.1 Å². The predicted molar refractivity (Wildman–Crippen MR) is 84.1 cm³/mol. The first-order valence-corrected chi connectivity index (χ1v) is 7.04. The zero-order valence-corrected chi connectivity index (χ0v) is 12.6. The van der Waals surface area contributed by atoms with Crippen molar-refractivity contribution >= 4 is 0 Å². The minimum absolute atomic E-state index is 0.173. The molecule has 0 aliphatic rings. The lowest BCUT2D eigenvalue weighted by Crippen LogP contribution is -2.22. The maximum Gasteiger partial charge on any atom is 0.123 e. The van der Waals surface area contributed by atoms with Gasteiger partial charge in [0.1, 0.15) is 5.75 Å². The summed E-state index contributed by atoms with van der Waals surface area (Å²) < 4.78 is 5.41. The summed E-state index contributed by atoms with van der Waals surface area (Å²) in [6.07, 6.45) is 0. The topological polar surface area (TPSA) is 45.0 Å². The number of hydrogen-bond acceptors (Lipinski definition) is 3. The van der Waals surface area contributed by atoms with Crippen molar-refractivity contribution in [1.82, 2.24) is 5.32 Å². The number of ether oxygens (including phenoxy) is 1. The number of benzene rings is 2. The van der Waals surface area contributed by atoms with E-state index in [0.717, 1.165) is 16.9 Å². The van der Waals surface area contributed by atoms with Crippen LogP contribution in [-0.2, 0) is 0 Å². The second-order valence-electron chi connectivity index (χ2n) is 5.09. The fourth-order valence-electron chi connectivity index (χ4n) is 2.43. The first-order chi connectivity index (χ1) is 10.2. The number of hydrogen-bond donors (Lipinski definition) is 1. The van der Waals surface area contributed by atoms with Gasteiger partial charge in [0.05, 0.1) is 18.7 Å². The third-order valence-corrected chi connectivity index (χ3v) is 3.65. The van der Waals surface area contributed by atoms with Gasteiger partial charge in [-0.25, -0.2) is 0 Å². The van der Waals surface area contributed by atoms with Gasteiger partial charge in [-0.05, 0) is 37.6 Å². The van der Waals surface area contributed by atoms with E-state index in [0.29, 0.717) is 5.56 Å². The van der Waals surface area contributed by atoms with Crippen molar-refractivity contribution in [2.45, 2.75) is 25.9 Å². The molecule has 3 nitrogen and oxygen atoms in total. The van der Waals surface area contributed by atoms with Gasteiger partial charge in [0.2, 0.25) is 0 Å². The smallest absolute Gasteiger partial charge is 0.123 e.